The molecule has 88 valence electrons. The normalized spacial score (nSPS) is 13.2. The molecule has 0 aliphatic carbocycles. The Labute approximate surface area is 93.9 Å². The molecule has 0 spiro atoms. The van der Waals surface area contributed by atoms with Crippen molar-refractivity contribution < 1.29 is 19.0 Å². The Balaban J connectivity index is 2.96. The lowest BCUT2D eigenvalue weighted by Crippen LogP contribution is -2.29. The second-order valence-corrected chi connectivity index (χ2v) is 4.16. The maximum Gasteiger partial charge on any atom is 0.312 e. The highest BCUT2D eigenvalue weighted by Crippen LogP contribution is 2.37. The minimum atomic E-state index is -1.55. The number of benzene rings is 1. The van der Waals surface area contributed by atoms with E-state index in [1.54, 1.807) is 12.1 Å². The molecule has 0 aliphatic rings. The fourth-order valence-electron chi connectivity index (χ4n) is 1.30. The molecule has 1 aromatic rings. The Morgan fingerprint density at radius 2 is 1.88 bits per heavy atom. The van der Waals surface area contributed by atoms with Crippen LogP contribution in [-0.4, -0.2) is 18.2 Å². The van der Waals surface area contributed by atoms with Crippen LogP contribution in [0.25, 0.3) is 0 Å². The second kappa shape index (κ2) is 4.51. The molecule has 1 atom stereocenters. The van der Waals surface area contributed by atoms with Crippen molar-refractivity contribution in [2.75, 3.05) is 7.11 Å². The molecular weight excluding hydrogens is 211 g/mol. The molecule has 1 aromatic carbocycles. The number of alkyl halides is 1. The van der Waals surface area contributed by atoms with Crippen molar-refractivity contribution >= 4 is 5.97 Å². The third-order valence-electron chi connectivity index (χ3n) is 2.59. The molecule has 0 fully saturated rings. The molecule has 3 nitrogen and oxygen atoms in total. The first-order valence-corrected chi connectivity index (χ1v) is 4.91. The smallest absolute Gasteiger partial charge is 0.312 e. The van der Waals surface area contributed by atoms with Crippen molar-refractivity contribution in [2.45, 2.75) is 20.0 Å². The number of rotatable bonds is 4. The van der Waals surface area contributed by atoms with Crippen molar-refractivity contribution in [3.05, 3.63) is 29.8 Å². The highest BCUT2D eigenvalue weighted by atomic mass is 19.1. The Kier molecular flexibility index (Phi) is 3.52. The van der Waals surface area contributed by atoms with Crippen LogP contribution in [0.1, 0.15) is 25.6 Å². The van der Waals surface area contributed by atoms with Gasteiger partial charge in [-0.15, -0.1) is 0 Å². The molecule has 0 bridgehead atoms. The molecule has 1 unspecified atom stereocenters. The maximum absolute atomic E-state index is 14.0. The van der Waals surface area contributed by atoms with E-state index >= 15 is 0 Å². The first-order valence-electron chi connectivity index (χ1n) is 4.91. The number of hydrogen-bond donors (Lipinski definition) is 1. The molecule has 0 saturated heterocycles. The molecule has 0 aliphatic heterocycles. The number of aliphatic carboxylic acids is 1. The van der Waals surface area contributed by atoms with Crippen LogP contribution in [0.2, 0.25) is 0 Å². The van der Waals surface area contributed by atoms with E-state index < -0.39 is 17.6 Å². The van der Waals surface area contributed by atoms with Gasteiger partial charge in [0.1, 0.15) is 11.9 Å². The molecule has 4 heteroatoms. The lowest BCUT2D eigenvalue weighted by Gasteiger charge is -2.24. The zero-order valence-electron chi connectivity index (χ0n) is 9.53. The Bertz CT molecular complexity index is 370. The highest BCUT2D eigenvalue weighted by molar-refractivity contribution is 5.74. The summed E-state index contributed by atoms with van der Waals surface area (Å²) in [4.78, 5) is 10.9. The molecule has 0 radical (unpaired) electrons. The zero-order valence-corrected chi connectivity index (χ0v) is 9.53. The van der Waals surface area contributed by atoms with Crippen LogP contribution in [0.3, 0.4) is 0 Å². The third kappa shape index (κ3) is 2.32. The van der Waals surface area contributed by atoms with E-state index in [0.717, 1.165) is 0 Å². The number of methoxy groups -OCH3 is 1. The summed E-state index contributed by atoms with van der Waals surface area (Å²) >= 11 is 0. The topological polar surface area (TPSA) is 46.5 Å². The van der Waals surface area contributed by atoms with Crippen LogP contribution >= 0.6 is 0 Å². The average molecular weight is 226 g/mol. The van der Waals surface area contributed by atoms with Crippen LogP contribution < -0.4 is 4.74 Å². The summed E-state index contributed by atoms with van der Waals surface area (Å²) in [5.74, 6) is -0.542. The number of ether oxygens (including phenoxy) is 1. The third-order valence-corrected chi connectivity index (χ3v) is 2.59. The summed E-state index contributed by atoms with van der Waals surface area (Å²) in [6.07, 6.45) is -1.55. The summed E-state index contributed by atoms with van der Waals surface area (Å²) in [5, 5.41) is 8.91. The summed E-state index contributed by atoms with van der Waals surface area (Å²) in [6.45, 7) is 2.73. The van der Waals surface area contributed by atoms with E-state index in [9.17, 15) is 9.18 Å². The van der Waals surface area contributed by atoms with Gasteiger partial charge in [-0.2, -0.15) is 0 Å². The van der Waals surface area contributed by atoms with Crippen molar-refractivity contribution in [3.8, 4) is 5.75 Å². The van der Waals surface area contributed by atoms with Gasteiger partial charge < -0.3 is 9.84 Å². The molecule has 0 aromatic heterocycles. The van der Waals surface area contributed by atoms with Gasteiger partial charge in [-0.25, -0.2) is 4.39 Å². The van der Waals surface area contributed by atoms with Gasteiger partial charge in [-0.05, 0) is 31.5 Å². The van der Waals surface area contributed by atoms with Gasteiger partial charge in [-0.1, -0.05) is 12.1 Å². The molecular formula is C12H15FO3. The van der Waals surface area contributed by atoms with Crippen LogP contribution in [0.15, 0.2) is 24.3 Å². The van der Waals surface area contributed by atoms with Crippen molar-refractivity contribution in [2.24, 2.45) is 5.41 Å². The average Bonchev–Trinajstić information content (AvgIpc) is 2.28. The van der Waals surface area contributed by atoms with E-state index in [1.807, 2.05) is 0 Å². The molecule has 0 saturated carbocycles. The number of carbonyl (C=O) groups is 1. The first kappa shape index (κ1) is 12.5. The Morgan fingerprint density at radius 3 is 2.25 bits per heavy atom. The van der Waals surface area contributed by atoms with Crippen molar-refractivity contribution in [3.63, 3.8) is 0 Å². The van der Waals surface area contributed by atoms with Gasteiger partial charge in [0.2, 0.25) is 0 Å². The Morgan fingerprint density at radius 1 is 1.38 bits per heavy atom. The monoisotopic (exact) mass is 226 g/mol. The van der Waals surface area contributed by atoms with E-state index in [-0.39, 0.29) is 0 Å². The predicted molar refractivity (Wildman–Crippen MR) is 58.3 cm³/mol. The fourth-order valence-corrected chi connectivity index (χ4v) is 1.30. The molecule has 1 rings (SSSR count). The number of carboxylic acids is 1. The maximum atomic E-state index is 14.0. The Hall–Kier alpha value is -1.58. The van der Waals surface area contributed by atoms with Gasteiger partial charge in [0.15, 0.2) is 0 Å². The first-order chi connectivity index (χ1) is 7.39. The summed E-state index contributed by atoms with van der Waals surface area (Å²) in [7, 11) is 1.52. The molecule has 0 amide bonds. The number of hydrogen-bond acceptors (Lipinski definition) is 2. The minimum absolute atomic E-state index is 0.341. The van der Waals surface area contributed by atoms with E-state index in [0.29, 0.717) is 11.3 Å². The summed E-state index contributed by atoms with van der Waals surface area (Å²) in [5.41, 5.74) is -1.09. The summed E-state index contributed by atoms with van der Waals surface area (Å²) in [6, 6.07) is 6.29. The van der Waals surface area contributed by atoms with E-state index in [4.69, 9.17) is 9.84 Å². The standard InChI is InChI=1S/C12H15FO3/c1-12(2,11(14)15)10(13)8-4-6-9(16-3)7-5-8/h4-7,10H,1-3H3,(H,14,15). The van der Waals surface area contributed by atoms with Gasteiger partial charge >= 0.3 is 5.97 Å². The zero-order chi connectivity index (χ0) is 12.3. The lowest BCUT2D eigenvalue weighted by molar-refractivity contribution is -0.150. The molecule has 16 heavy (non-hydrogen) atoms. The highest BCUT2D eigenvalue weighted by Gasteiger charge is 2.38. The lowest BCUT2D eigenvalue weighted by atomic mass is 9.84. The second-order valence-electron chi connectivity index (χ2n) is 4.16. The fraction of sp³-hybridized carbons (Fsp3) is 0.417. The van der Waals surface area contributed by atoms with Gasteiger partial charge in [-0.3, -0.25) is 4.79 Å². The SMILES string of the molecule is COc1ccc(C(F)C(C)(C)C(=O)O)cc1. The predicted octanol–water partition coefficient (Wildman–Crippen LogP) is 2.82. The van der Waals surface area contributed by atoms with Crippen molar-refractivity contribution in [1.82, 2.24) is 0 Å². The quantitative estimate of drug-likeness (QED) is 0.858. The molecule has 1 N–H and O–H groups in total. The largest absolute Gasteiger partial charge is 0.497 e. The summed E-state index contributed by atoms with van der Waals surface area (Å²) < 4.78 is 18.9. The number of halogens is 1. The van der Waals surface area contributed by atoms with Crippen molar-refractivity contribution in [1.29, 1.82) is 0 Å². The number of carboxylic acid groups (broad SMARTS) is 1. The molecule has 0 heterocycles. The van der Waals surface area contributed by atoms with Crippen LogP contribution in [0.5, 0.6) is 5.75 Å². The van der Waals surface area contributed by atoms with Gasteiger partial charge in [0.05, 0.1) is 12.5 Å². The minimum Gasteiger partial charge on any atom is -0.497 e. The van der Waals surface area contributed by atoms with E-state index in [1.165, 1.54) is 33.1 Å². The van der Waals surface area contributed by atoms with Crippen LogP contribution in [-0.2, 0) is 4.79 Å². The van der Waals surface area contributed by atoms with Crippen LogP contribution in [0.4, 0.5) is 4.39 Å². The van der Waals surface area contributed by atoms with Gasteiger partial charge in [0, 0.05) is 0 Å². The van der Waals surface area contributed by atoms with Gasteiger partial charge in [0.25, 0.3) is 0 Å². The van der Waals surface area contributed by atoms with Crippen LogP contribution in [0, 0.1) is 5.41 Å². The van der Waals surface area contributed by atoms with E-state index in [2.05, 4.69) is 0 Å².